The summed E-state index contributed by atoms with van der Waals surface area (Å²) >= 11 is 6.13. The van der Waals surface area contributed by atoms with E-state index in [1.165, 1.54) is 6.42 Å². The number of nitrogens with two attached hydrogens (primary N) is 1. The average Bonchev–Trinajstić information content (AvgIpc) is 2.54. The van der Waals surface area contributed by atoms with Crippen molar-refractivity contribution in [3.63, 3.8) is 0 Å². The van der Waals surface area contributed by atoms with E-state index in [2.05, 4.69) is 14.9 Å². The fourth-order valence-electron chi connectivity index (χ4n) is 2.89. The Labute approximate surface area is 141 Å². The fourth-order valence-corrected chi connectivity index (χ4v) is 3.08. The van der Waals surface area contributed by atoms with Gasteiger partial charge in [-0.2, -0.15) is 0 Å². The Morgan fingerprint density at radius 2 is 2.17 bits per heavy atom. The van der Waals surface area contributed by atoms with Crippen molar-refractivity contribution < 1.29 is 4.74 Å². The molecular weight excluding hydrogens is 312 g/mol. The molecule has 1 aromatic heterocycles. The Hall–Kier alpha value is -1.85. The van der Waals surface area contributed by atoms with Gasteiger partial charge < -0.3 is 10.5 Å². The van der Waals surface area contributed by atoms with Gasteiger partial charge in [-0.05, 0) is 37.6 Å². The van der Waals surface area contributed by atoms with Gasteiger partial charge in [0.1, 0.15) is 17.4 Å². The molecule has 1 fully saturated rings. The van der Waals surface area contributed by atoms with Gasteiger partial charge in [-0.1, -0.05) is 23.7 Å². The van der Waals surface area contributed by atoms with E-state index in [9.17, 15) is 0 Å². The molecule has 1 aromatic carbocycles. The zero-order valence-corrected chi connectivity index (χ0v) is 13.7. The molecule has 0 spiro atoms. The molecule has 1 saturated heterocycles. The van der Waals surface area contributed by atoms with Crippen molar-refractivity contribution in [1.82, 2.24) is 14.9 Å². The molecular formula is C17H21ClN4O. The first-order valence-corrected chi connectivity index (χ1v) is 8.25. The number of nitrogens with zero attached hydrogens (tertiary/aromatic N) is 3. The van der Waals surface area contributed by atoms with E-state index >= 15 is 0 Å². The van der Waals surface area contributed by atoms with Gasteiger partial charge in [-0.15, -0.1) is 0 Å². The largest absolute Gasteiger partial charge is 0.492 e. The molecule has 0 unspecified atom stereocenters. The van der Waals surface area contributed by atoms with Crippen LogP contribution in [0.5, 0.6) is 5.75 Å². The van der Waals surface area contributed by atoms with Crippen LogP contribution in [0.15, 0.2) is 36.5 Å². The quantitative estimate of drug-likeness (QED) is 0.911. The van der Waals surface area contributed by atoms with Crippen molar-refractivity contribution in [2.75, 3.05) is 25.4 Å². The number of piperidine rings is 1. The summed E-state index contributed by atoms with van der Waals surface area (Å²) in [7, 11) is 0. The number of para-hydroxylation sites is 1. The molecule has 2 heterocycles. The maximum atomic E-state index is 6.13. The molecule has 5 nitrogen and oxygen atoms in total. The highest BCUT2D eigenvalue weighted by Crippen LogP contribution is 2.25. The highest BCUT2D eigenvalue weighted by molar-refractivity contribution is 6.32. The minimum atomic E-state index is 0.487. The van der Waals surface area contributed by atoms with Gasteiger partial charge in [-0.25, -0.2) is 9.97 Å². The molecule has 2 N–H and O–H groups in total. The molecule has 0 aliphatic carbocycles. The molecule has 2 aromatic rings. The van der Waals surface area contributed by atoms with Gasteiger partial charge >= 0.3 is 0 Å². The lowest BCUT2D eigenvalue weighted by Gasteiger charge is -2.32. The van der Waals surface area contributed by atoms with Crippen LogP contribution >= 0.6 is 11.6 Å². The van der Waals surface area contributed by atoms with Crippen LogP contribution in [0.3, 0.4) is 0 Å². The molecule has 0 saturated carbocycles. The zero-order valence-electron chi connectivity index (χ0n) is 13.0. The maximum absolute atomic E-state index is 6.13. The first-order valence-electron chi connectivity index (χ1n) is 7.88. The maximum Gasteiger partial charge on any atom is 0.144 e. The topological polar surface area (TPSA) is 64.3 Å². The number of likely N-dealkylation sites (tertiary alicyclic amines) is 1. The number of hydrogen-bond donors (Lipinski definition) is 1. The second kappa shape index (κ2) is 7.62. The SMILES string of the molecule is Nc1ccnc(CN2CCC[C@@H](COc3ccccc3Cl)C2)n1. The molecule has 1 aliphatic heterocycles. The number of hydrogen-bond acceptors (Lipinski definition) is 5. The van der Waals surface area contributed by atoms with Crippen molar-refractivity contribution in [3.05, 3.63) is 47.4 Å². The molecule has 0 amide bonds. The number of nitrogen functional groups attached to an aromatic ring is 1. The van der Waals surface area contributed by atoms with Crippen LogP contribution in [-0.2, 0) is 6.54 Å². The van der Waals surface area contributed by atoms with Crippen LogP contribution in [0.25, 0.3) is 0 Å². The molecule has 3 rings (SSSR count). The summed E-state index contributed by atoms with van der Waals surface area (Å²) in [4.78, 5) is 10.9. The van der Waals surface area contributed by atoms with Gasteiger partial charge in [0, 0.05) is 18.7 Å². The summed E-state index contributed by atoms with van der Waals surface area (Å²) in [5.41, 5.74) is 5.72. The van der Waals surface area contributed by atoms with Crippen LogP contribution in [0, 0.1) is 5.92 Å². The molecule has 122 valence electrons. The number of aromatic nitrogens is 2. The van der Waals surface area contributed by atoms with Crippen molar-refractivity contribution in [2.24, 2.45) is 5.92 Å². The highest BCUT2D eigenvalue weighted by atomic mass is 35.5. The fraction of sp³-hybridized carbons (Fsp3) is 0.412. The number of rotatable bonds is 5. The van der Waals surface area contributed by atoms with E-state index in [-0.39, 0.29) is 0 Å². The Kier molecular flexibility index (Phi) is 5.31. The Bertz CT molecular complexity index is 652. The number of anilines is 1. The summed E-state index contributed by atoms with van der Waals surface area (Å²) in [6, 6.07) is 9.30. The number of halogens is 1. The summed E-state index contributed by atoms with van der Waals surface area (Å²) in [6.45, 7) is 3.44. The first kappa shape index (κ1) is 16.0. The predicted octanol–water partition coefficient (Wildman–Crippen LogP) is 3.00. The summed E-state index contributed by atoms with van der Waals surface area (Å²) in [5.74, 6) is 2.54. The lowest BCUT2D eigenvalue weighted by atomic mass is 9.99. The van der Waals surface area contributed by atoms with E-state index in [0.29, 0.717) is 23.4 Å². The van der Waals surface area contributed by atoms with Crippen LogP contribution in [0.4, 0.5) is 5.82 Å². The lowest BCUT2D eigenvalue weighted by Crippen LogP contribution is -2.37. The normalized spacial score (nSPS) is 18.7. The highest BCUT2D eigenvalue weighted by Gasteiger charge is 2.21. The van der Waals surface area contributed by atoms with Gasteiger partial charge in [0.15, 0.2) is 0 Å². The molecule has 0 radical (unpaired) electrons. The van der Waals surface area contributed by atoms with Crippen molar-refractivity contribution >= 4 is 17.4 Å². The van der Waals surface area contributed by atoms with E-state index in [1.54, 1.807) is 12.3 Å². The van der Waals surface area contributed by atoms with Crippen LogP contribution in [-0.4, -0.2) is 34.6 Å². The molecule has 1 atom stereocenters. The third kappa shape index (κ3) is 4.56. The molecule has 6 heteroatoms. The van der Waals surface area contributed by atoms with E-state index in [1.807, 2.05) is 24.3 Å². The smallest absolute Gasteiger partial charge is 0.144 e. The monoisotopic (exact) mass is 332 g/mol. The summed E-state index contributed by atoms with van der Waals surface area (Å²) in [6.07, 6.45) is 4.03. The summed E-state index contributed by atoms with van der Waals surface area (Å²) in [5, 5.41) is 0.660. The van der Waals surface area contributed by atoms with E-state index in [4.69, 9.17) is 22.1 Å². The summed E-state index contributed by atoms with van der Waals surface area (Å²) < 4.78 is 5.88. The van der Waals surface area contributed by atoms with Crippen molar-refractivity contribution in [1.29, 1.82) is 0 Å². The van der Waals surface area contributed by atoms with E-state index < -0.39 is 0 Å². The van der Waals surface area contributed by atoms with Gasteiger partial charge in [0.25, 0.3) is 0 Å². The Morgan fingerprint density at radius 3 is 3.00 bits per heavy atom. The van der Waals surface area contributed by atoms with Crippen molar-refractivity contribution in [2.45, 2.75) is 19.4 Å². The lowest BCUT2D eigenvalue weighted by molar-refractivity contribution is 0.123. The predicted molar refractivity (Wildman–Crippen MR) is 91.4 cm³/mol. The Morgan fingerprint density at radius 1 is 1.30 bits per heavy atom. The molecule has 23 heavy (non-hydrogen) atoms. The van der Waals surface area contributed by atoms with Crippen LogP contribution in [0.2, 0.25) is 5.02 Å². The van der Waals surface area contributed by atoms with Crippen LogP contribution in [0.1, 0.15) is 18.7 Å². The molecule has 1 aliphatic rings. The van der Waals surface area contributed by atoms with Gasteiger partial charge in [0.2, 0.25) is 0 Å². The first-order chi connectivity index (χ1) is 11.2. The van der Waals surface area contributed by atoms with Gasteiger partial charge in [0.05, 0.1) is 18.2 Å². The second-order valence-electron chi connectivity index (χ2n) is 5.88. The average molecular weight is 333 g/mol. The zero-order chi connectivity index (χ0) is 16.1. The standard InChI is InChI=1S/C17H21ClN4O/c18-14-5-1-2-6-15(14)23-12-13-4-3-9-22(10-13)11-17-20-8-7-16(19)21-17/h1-2,5-8,13H,3-4,9-12H2,(H2,19,20,21)/t13-/m1/s1. The minimum Gasteiger partial charge on any atom is -0.492 e. The number of ether oxygens (including phenoxy) is 1. The van der Waals surface area contributed by atoms with Crippen LogP contribution < -0.4 is 10.5 Å². The third-order valence-corrected chi connectivity index (χ3v) is 4.32. The van der Waals surface area contributed by atoms with Gasteiger partial charge in [-0.3, -0.25) is 4.90 Å². The van der Waals surface area contributed by atoms with E-state index in [0.717, 1.165) is 37.6 Å². The Balaban J connectivity index is 1.53. The third-order valence-electron chi connectivity index (χ3n) is 4.01. The molecule has 0 bridgehead atoms. The number of benzene rings is 1. The minimum absolute atomic E-state index is 0.487. The second-order valence-corrected chi connectivity index (χ2v) is 6.29. The van der Waals surface area contributed by atoms with Crippen molar-refractivity contribution in [3.8, 4) is 5.75 Å².